The number of carbonyl (C=O) groups excluding carboxylic acids is 1. The second-order valence-corrected chi connectivity index (χ2v) is 6.71. The fourth-order valence-corrected chi connectivity index (χ4v) is 3.79. The first-order valence-corrected chi connectivity index (χ1v) is 9.23. The molecule has 1 N–H and O–H groups in total. The maximum atomic E-state index is 12.1. The number of hydrogen-bond donors (Lipinski definition) is 1. The highest BCUT2D eigenvalue weighted by molar-refractivity contribution is 7.20. The van der Waals surface area contributed by atoms with Crippen molar-refractivity contribution in [3.63, 3.8) is 0 Å². The number of esters is 1. The van der Waals surface area contributed by atoms with E-state index in [9.17, 15) is 4.79 Å². The first kappa shape index (κ1) is 18.1. The molecule has 0 spiro atoms. The number of fused-ring (bicyclic) bond motifs is 1. The van der Waals surface area contributed by atoms with Gasteiger partial charge in [0.1, 0.15) is 27.6 Å². The lowest BCUT2D eigenvalue weighted by Gasteiger charge is -2.08. The molecular formula is C19H21N3O3S. The number of nitrogens with zero attached hydrogens (tertiary/aromatic N) is 2. The summed E-state index contributed by atoms with van der Waals surface area (Å²) < 4.78 is 10.4. The first-order chi connectivity index (χ1) is 12.6. The Hall–Kier alpha value is -2.67. The number of carbonyl (C=O) groups is 1. The molecule has 0 aliphatic heterocycles. The number of hydrogen-bond acceptors (Lipinski definition) is 7. The summed E-state index contributed by atoms with van der Waals surface area (Å²) in [4.78, 5) is 22.1. The third kappa shape index (κ3) is 3.77. The molecule has 7 heteroatoms. The van der Waals surface area contributed by atoms with Gasteiger partial charge < -0.3 is 14.8 Å². The van der Waals surface area contributed by atoms with Crippen LogP contribution in [-0.4, -0.2) is 36.2 Å². The Morgan fingerprint density at radius 2 is 2.15 bits per heavy atom. The van der Waals surface area contributed by atoms with Gasteiger partial charge in [-0.3, -0.25) is 0 Å². The Labute approximate surface area is 156 Å². The van der Waals surface area contributed by atoms with Gasteiger partial charge in [0.25, 0.3) is 0 Å². The standard InChI is InChI=1S/C19H21N3O3S/c1-4-25-19(23)16-12(2)15-17(21-11-22-18(15)26-16)20-9-8-13-6-5-7-14(10-13)24-3/h5-7,10-11H,4,8-9H2,1-3H3,(H,20,21,22). The Kier molecular flexibility index (Phi) is 5.68. The highest BCUT2D eigenvalue weighted by Crippen LogP contribution is 2.33. The summed E-state index contributed by atoms with van der Waals surface area (Å²) in [6, 6.07) is 7.99. The molecule has 1 aromatic carbocycles. The average molecular weight is 371 g/mol. The van der Waals surface area contributed by atoms with Crippen molar-refractivity contribution in [2.24, 2.45) is 0 Å². The number of anilines is 1. The van der Waals surface area contributed by atoms with Gasteiger partial charge in [-0.2, -0.15) is 0 Å². The van der Waals surface area contributed by atoms with Crippen LogP contribution in [0.5, 0.6) is 5.75 Å². The molecular weight excluding hydrogens is 350 g/mol. The molecule has 2 heterocycles. The van der Waals surface area contributed by atoms with Crippen LogP contribution >= 0.6 is 11.3 Å². The molecule has 0 unspecified atom stereocenters. The second kappa shape index (κ2) is 8.14. The van der Waals surface area contributed by atoms with Gasteiger partial charge in [0.05, 0.1) is 19.1 Å². The normalized spacial score (nSPS) is 10.7. The van der Waals surface area contributed by atoms with E-state index in [1.807, 2.05) is 25.1 Å². The van der Waals surface area contributed by atoms with Crippen molar-refractivity contribution in [2.75, 3.05) is 25.6 Å². The van der Waals surface area contributed by atoms with Crippen molar-refractivity contribution in [1.82, 2.24) is 9.97 Å². The van der Waals surface area contributed by atoms with Crippen molar-refractivity contribution in [1.29, 1.82) is 0 Å². The molecule has 3 rings (SSSR count). The van der Waals surface area contributed by atoms with E-state index in [0.29, 0.717) is 18.0 Å². The fraction of sp³-hybridized carbons (Fsp3) is 0.316. The van der Waals surface area contributed by atoms with E-state index in [1.54, 1.807) is 14.0 Å². The molecule has 136 valence electrons. The summed E-state index contributed by atoms with van der Waals surface area (Å²) in [5, 5.41) is 4.24. The molecule has 0 saturated heterocycles. The molecule has 3 aromatic rings. The summed E-state index contributed by atoms with van der Waals surface area (Å²) in [7, 11) is 1.66. The Morgan fingerprint density at radius 1 is 1.31 bits per heavy atom. The predicted molar refractivity (Wildman–Crippen MR) is 103 cm³/mol. The number of ether oxygens (including phenoxy) is 2. The summed E-state index contributed by atoms with van der Waals surface area (Å²) in [5.41, 5.74) is 2.03. The van der Waals surface area contributed by atoms with Crippen LogP contribution in [0.15, 0.2) is 30.6 Å². The lowest BCUT2D eigenvalue weighted by Crippen LogP contribution is -2.07. The SMILES string of the molecule is CCOC(=O)c1sc2ncnc(NCCc3cccc(OC)c3)c2c1C. The van der Waals surface area contributed by atoms with Gasteiger partial charge in [-0.25, -0.2) is 14.8 Å². The number of nitrogens with one attached hydrogen (secondary N) is 1. The molecule has 0 aliphatic rings. The molecule has 2 aromatic heterocycles. The van der Waals surface area contributed by atoms with Gasteiger partial charge in [-0.05, 0) is 43.5 Å². The Morgan fingerprint density at radius 3 is 2.92 bits per heavy atom. The quantitative estimate of drug-likeness (QED) is 0.636. The largest absolute Gasteiger partial charge is 0.497 e. The zero-order chi connectivity index (χ0) is 18.5. The molecule has 0 atom stereocenters. The van der Waals surface area contributed by atoms with E-state index in [1.165, 1.54) is 23.2 Å². The van der Waals surface area contributed by atoms with E-state index >= 15 is 0 Å². The zero-order valence-electron chi connectivity index (χ0n) is 15.0. The number of methoxy groups -OCH3 is 1. The highest BCUT2D eigenvalue weighted by atomic mass is 32.1. The fourth-order valence-electron chi connectivity index (χ4n) is 2.75. The minimum atomic E-state index is -0.310. The maximum Gasteiger partial charge on any atom is 0.348 e. The number of thiophene rings is 1. The first-order valence-electron chi connectivity index (χ1n) is 8.42. The van der Waals surface area contributed by atoms with Crippen molar-refractivity contribution in [3.05, 3.63) is 46.6 Å². The summed E-state index contributed by atoms with van der Waals surface area (Å²) in [5.74, 6) is 1.28. The molecule has 0 bridgehead atoms. The minimum absolute atomic E-state index is 0.310. The predicted octanol–water partition coefficient (Wildman–Crippen LogP) is 3.84. The third-order valence-corrected chi connectivity index (χ3v) is 5.21. The van der Waals surface area contributed by atoms with Crippen LogP contribution in [0.3, 0.4) is 0 Å². The zero-order valence-corrected chi connectivity index (χ0v) is 15.9. The number of benzene rings is 1. The molecule has 6 nitrogen and oxygen atoms in total. The topological polar surface area (TPSA) is 73.3 Å². The van der Waals surface area contributed by atoms with E-state index in [4.69, 9.17) is 9.47 Å². The van der Waals surface area contributed by atoms with Gasteiger partial charge >= 0.3 is 5.97 Å². The maximum absolute atomic E-state index is 12.1. The van der Waals surface area contributed by atoms with Crippen molar-refractivity contribution in [3.8, 4) is 5.75 Å². The Balaban J connectivity index is 1.78. The molecule has 0 radical (unpaired) electrons. The number of aromatic nitrogens is 2. The van der Waals surface area contributed by atoms with Gasteiger partial charge in [0, 0.05) is 6.54 Å². The van der Waals surface area contributed by atoms with Crippen LogP contribution in [0.2, 0.25) is 0 Å². The molecule has 0 aliphatic carbocycles. The average Bonchev–Trinajstić information content (AvgIpc) is 3.00. The van der Waals surface area contributed by atoms with Crippen molar-refractivity contribution >= 4 is 33.3 Å². The summed E-state index contributed by atoms with van der Waals surface area (Å²) in [6.07, 6.45) is 2.34. The molecule has 0 fully saturated rings. The summed E-state index contributed by atoms with van der Waals surface area (Å²) >= 11 is 1.34. The van der Waals surface area contributed by atoms with E-state index in [2.05, 4.69) is 21.4 Å². The number of aryl methyl sites for hydroxylation is 1. The van der Waals surface area contributed by atoms with Crippen LogP contribution < -0.4 is 10.1 Å². The van der Waals surface area contributed by atoms with Gasteiger partial charge in [-0.15, -0.1) is 11.3 Å². The van der Waals surface area contributed by atoms with Crippen molar-refractivity contribution < 1.29 is 14.3 Å². The highest BCUT2D eigenvalue weighted by Gasteiger charge is 2.19. The van der Waals surface area contributed by atoms with Crippen LogP contribution in [0.1, 0.15) is 27.7 Å². The third-order valence-electron chi connectivity index (χ3n) is 4.03. The summed E-state index contributed by atoms with van der Waals surface area (Å²) in [6.45, 7) is 4.76. The number of rotatable bonds is 7. The lowest BCUT2D eigenvalue weighted by atomic mass is 10.1. The van der Waals surface area contributed by atoms with Crippen molar-refractivity contribution in [2.45, 2.75) is 20.3 Å². The smallest absolute Gasteiger partial charge is 0.348 e. The van der Waals surface area contributed by atoms with Crippen LogP contribution in [0.4, 0.5) is 5.82 Å². The van der Waals surface area contributed by atoms with Gasteiger partial charge in [0.2, 0.25) is 0 Å². The second-order valence-electron chi connectivity index (χ2n) is 5.71. The minimum Gasteiger partial charge on any atom is -0.497 e. The van der Waals surface area contributed by atoms with Crippen LogP contribution in [0, 0.1) is 6.92 Å². The van der Waals surface area contributed by atoms with E-state index in [0.717, 1.165) is 33.8 Å². The van der Waals surface area contributed by atoms with E-state index < -0.39 is 0 Å². The molecule has 26 heavy (non-hydrogen) atoms. The van der Waals surface area contributed by atoms with Gasteiger partial charge in [0.15, 0.2) is 0 Å². The Bertz CT molecular complexity index is 924. The van der Waals surface area contributed by atoms with Crippen LogP contribution in [0.25, 0.3) is 10.2 Å². The molecule has 0 amide bonds. The van der Waals surface area contributed by atoms with E-state index in [-0.39, 0.29) is 5.97 Å². The van der Waals surface area contributed by atoms with Crippen LogP contribution in [-0.2, 0) is 11.2 Å². The monoisotopic (exact) mass is 371 g/mol. The lowest BCUT2D eigenvalue weighted by molar-refractivity contribution is 0.0531. The molecule has 0 saturated carbocycles. The van der Waals surface area contributed by atoms with Gasteiger partial charge in [-0.1, -0.05) is 12.1 Å².